The SMILES string of the molecule is O=C(CNC1CCN(C2CC2)C1)NC1CC1. The van der Waals surface area contributed by atoms with Crippen molar-refractivity contribution in [3.05, 3.63) is 0 Å². The Morgan fingerprint density at radius 2 is 1.94 bits per heavy atom. The molecule has 0 aromatic heterocycles. The second-order valence-corrected chi connectivity index (χ2v) is 5.43. The van der Waals surface area contributed by atoms with Crippen molar-refractivity contribution in [1.29, 1.82) is 0 Å². The third-order valence-corrected chi connectivity index (χ3v) is 3.78. The Balaban J connectivity index is 1.33. The van der Waals surface area contributed by atoms with Crippen LogP contribution in [0, 0.1) is 0 Å². The number of hydrogen-bond acceptors (Lipinski definition) is 3. The summed E-state index contributed by atoms with van der Waals surface area (Å²) in [5, 5.41) is 6.38. The summed E-state index contributed by atoms with van der Waals surface area (Å²) in [5.41, 5.74) is 0. The van der Waals surface area contributed by atoms with Gasteiger partial charge in [-0.3, -0.25) is 9.69 Å². The molecule has 1 unspecified atom stereocenters. The van der Waals surface area contributed by atoms with Crippen LogP contribution >= 0.6 is 0 Å². The van der Waals surface area contributed by atoms with Crippen molar-refractivity contribution < 1.29 is 4.79 Å². The van der Waals surface area contributed by atoms with Crippen LogP contribution in [0.15, 0.2) is 0 Å². The van der Waals surface area contributed by atoms with Crippen molar-refractivity contribution in [3.8, 4) is 0 Å². The quantitative estimate of drug-likeness (QED) is 0.694. The first-order valence-corrected chi connectivity index (χ1v) is 6.58. The van der Waals surface area contributed by atoms with Crippen molar-refractivity contribution in [2.75, 3.05) is 19.6 Å². The monoisotopic (exact) mass is 223 g/mol. The fourth-order valence-electron chi connectivity index (χ4n) is 2.47. The van der Waals surface area contributed by atoms with Gasteiger partial charge < -0.3 is 10.6 Å². The van der Waals surface area contributed by atoms with E-state index < -0.39 is 0 Å². The molecule has 0 aromatic carbocycles. The molecule has 4 nitrogen and oxygen atoms in total. The molecule has 0 radical (unpaired) electrons. The first kappa shape index (κ1) is 10.5. The lowest BCUT2D eigenvalue weighted by Gasteiger charge is -2.15. The molecule has 1 heterocycles. The highest BCUT2D eigenvalue weighted by Gasteiger charge is 2.34. The van der Waals surface area contributed by atoms with Crippen molar-refractivity contribution in [2.45, 2.75) is 50.2 Å². The molecule has 2 N–H and O–H groups in total. The molecule has 4 heteroatoms. The van der Waals surface area contributed by atoms with Crippen LogP contribution in [-0.4, -0.2) is 48.6 Å². The largest absolute Gasteiger partial charge is 0.352 e. The predicted octanol–water partition coefficient (Wildman–Crippen LogP) is 0.0913. The van der Waals surface area contributed by atoms with Crippen molar-refractivity contribution in [1.82, 2.24) is 15.5 Å². The highest BCUT2D eigenvalue weighted by Crippen LogP contribution is 2.29. The van der Waals surface area contributed by atoms with E-state index in [-0.39, 0.29) is 5.91 Å². The molecule has 1 aliphatic heterocycles. The van der Waals surface area contributed by atoms with Crippen LogP contribution in [-0.2, 0) is 4.79 Å². The summed E-state index contributed by atoms with van der Waals surface area (Å²) in [7, 11) is 0. The van der Waals surface area contributed by atoms with Gasteiger partial charge in [0.05, 0.1) is 6.54 Å². The molecule has 0 spiro atoms. The zero-order valence-corrected chi connectivity index (χ0v) is 9.74. The summed E-state index contributed by atoms with van der Waals surface area (Å²) < 4.78 is 0. The predicted molar refractivity (Wildman–Crippen MR) is 62.2 cm³/mol. The number of nitrogens with one attached hydrogen (secondary N) is 2. The van der Waals surface area contributed by atoms with Gasteiger partial charge >= 0.3 is 0 Å². The average Bonchev–Trinajstić information content (AvgIpc) is 3.18. The topological polar surface area (TPSA) is 44.4 Å². The molecule has 90 valence electrons. The van der Waals surface area contributed by atoms with Crippen molar-refractivity contribution in [3.63, 3.8) is 0 Å². The smallest absolute Gasteiger partial charge is 0.234 e. The van der Waals surface area contributed by atoms with Gasteiger partial charge in [0.15, 0.2) is 0 Å². The van der Waals surface area contributed by atoms with E-state index in [1.54, 1.807) is 0 Å². The Kier molecular flexibility index (Phi) is 2.86. The van der Waals surface area contributed by atoms with E-state index in [1.807, 2.05) is 0 Å². The minimum absolute atomic E-state index is 0.173. The maximum atomic E-state index is 11.5. The van der Waals surface area contributed by atoms with E-state index in [4.69, 9.17) is 0 Å². The lowest BCUT2D eigenvalue weighted by atomic mass is 10.2. The van der Waals surface area contributed by atoms with E-state index in [0.717, 1.165) is 12.6 Å². The van der Waals surface area contributed by atoms with Crippen LogP contribution in [0.4, 0.5) is 0 Å². The number of likely N-dealkylation sites (tertiary alicyclic amines) is 1. The minimum Gasteiger partial charge on any atom is -0.352 e. The van der Waals surface area contributed by atoms with E-state index in [1.165, 1.54) is 38.6 Å². The van der Waals surface area contributed by atoms with Crippen LogP contribution in [0.2, 0.25) is 0 Å². The molecular formula is C12H21N3O. The maximum absolute atomic E-state index is 11.5. The second-order valence-electron chi connectivity index (χ2n) is 5.43. The fourth-order valence-corrected chi connectivity index (χ4v) is 2.47. The molecule has 1 saturated heterocycles. The molecule has 3 rings (SSSR count). The Morgan fingerprint density at radius 1 is 1.12 bits per heavy atom. The van der Waals surface area contributed by atoms with Crippen molar-refractivity contribution >= 4 is 5.91 Å². The fraction of sp³-hybridized carbons (Fsp3) is 0.917. The van der Waals surface area contributed by atoms with E-state index in [9.17, 15) is 4.79 Å². The summed E-state index contributed by atoms with van der Waals surface area (Å²) >= 11 is 0. The Morgan fingerprint density at radius 3 is 2.62 bits per heavy atom. The Labute approximate surface area is 96.8 Å². The summed E-state index contributed by atoms with van der Waals surface area (Å²) in [6.07, 6.45) is 6.31. The van der Waals surface area contributed by atoms with Gasteiger partial charge in [-0.05, 0) is 32.1 Å². The molecule has 0 aromatic rings. The lowest BCUT2D eigenvalue weighted by Crippen LogP contribution is -2.41. The first-order valence-electron chi connectivity index (χ1n) is 6.58. The molecule has 16 heavy (non-hydrogen) atoms. The van der Waals surface area contributed by atoms with Crippen molar-refractivity contribution in [2.24, 2.45) is 0 Å². The molecule has 1 atom stereocenters. The summed E-state index contributed by atoms with van der Waals surface area (Å²) in [6, 6.07) is 1.89. The third-order valence-electron chi connectivity index (χ3n) is 3.78. The van der Waals surface area contributed by atoms with E-state index in [2.05, 4.69) is 15.5 Å². The Bertz CT molecular complexity index is 273. The number of nitrogens with zero attached hydrogens (tertiary/aromatic N) is 1. The summed E-state index contributed by atoms with van der Waals surface area (Å²) in [6.45, 7) is 2.85. The number of carbonyl (C=O) groups excluding carboxylic acids is 1. The standard InChI is InChI=1S/C12H21N3O/c16-12(14-9-1-2-9)7-13-10-5-6-15(8-10)11-3-4-11/h9-11,13H,1-8H2,(H,14,16). The highest BCUT2D eigenvalue weighted by molar-refractivity contribution is 5.78. The lowest BCUT2D eigenvalue weighted by molar-refractivity contribution is -0.120. The van der Waals surface area contributed by atoms with E-state index in [0.29, 0.717) is 18.6 Å². The molecule has 3 aliphatic rings. The minimum atomic E-state index is 0.173. The number of carbonyl (C=O) groups is 1. The maximum Gasteiger partial charge on any atom is 0.234 e. The van der Waals surface area contributed by atoms with Crippen LogP contribution < -0.4 is 10.6 Å². The van der Waals surface area contributed by atoms with Crippen LogP contribution in [0.25, 0.3) is 0 Å². The van der Waals surface area contributed by atoms with Gasteiger partial charge in [0.25, 0.3) is 0 Å². The van der Waals surface area contributed by atoms with Crippen LogP contribution in [0.1, 0.15) is 32.1 Å². The first-order chi connectivity index (χ1) is 7.81. The third kappa shape index (κ3) is 2.74. The molecule has 2 saturated carbocycles. The molecule has 2 aliphatic carbocycles. The van der Waals surface area contributed by atoms with Gasteiger partial charge in [-0.1, -0.05) is 0 Å². The summed E-state index contributed by atoms with van der Waals surface area (Å²) in [5.74, 6) is 0.173. The molecular weight excluding hydrogens is 202 g/mol. The van der Waals surface area contributed by atoms with E-state index >= 15 is 0 Å². The second kappa shape index (κ2) is 4.34. The summed E-state index contributed by atoms with van der Waals surface area (Å²) in [4.78, 5) is 14.1. The van der Waals surface area contributed by atoms with Gasteiger partial charge in [-0.25, -0.2) is 0 Å². The van der Waals surface area contributed by atoms with Crippen LogP contribution in [0.5, 0.6) is 0 Å². The van der Waals surface area contributed by atoms with Gasteiger partial charge in [-0.15, -0.1) is 0 Å². The zero-order valence-electron chi connectivity index (χ0n) is 9.74. The van der Waals surface area contributed by atoms with Gasteiger partial charge in [-0.2, -0.15) is 0 Å². The number of hydrogen-bond donors (Lipinski definition) is 2. The molecule has 0 bridgehead atoms. The highest BCUT2D eigenvalue weighted by atomic mass is 16.2. The average molecular weight is 223 g/mol. The molecule has 1 amide bonds. The van der Waals surface area contributed by atoms with Gasteiger partial charge in [0.2, 0.25) is 5.91 Å². The number of rotatable bonds is 5. The van der Waals surface area contributed by atoms with Gasteiger partial charge in [0.1, 0.15) is 0 Å². The van der Waals surface area contributed by atoms with Gasteiger partial charge in [0, 0.05) is 31.2 Å². The van der Waals surface area contributed by atoms with Crippen LogP contribution in [0.3, 0.4) is 0 Å². The number of amides is 1. The normalized spacial score (nSPS) is 30.6. The Hall–Kier alpha value is -0.610. The molecule has 3 fully saturated rings. The zero-order chi connectivity index (χ0) is 11.0.